The van der Waals surface area contributed by atoms with E-state index in [0.717, 1.165) is 0 Å². The van der Waals surface area contributed by atoms with Crippen LogP contribution in [-0.4, -0.2) is 11.7 Å². The summed E-state index contributed by atoms with van der Waals surface area (Å²) in [6.07, 6.45) is 1.21. The van der Waals surface area contributed by atoms with Crippen molar-refractivity contribution in [1.29, 1.82) is 5.26 Å². The van der Waals surface area contributed by atoms with E-state index in [9.17, 15) is 9.59 Å². The SMILES string of the molecule is CC(=O)CC(=O)NC#N. The van der Waals surface area contributed by atoms with Gasteiger partial charge in [-0.25, -0.2) is 0 Å². The summed E-state index contributed by atoms with van der Waals surface area (Å²) in [5, 5.41) is 9.68. The number of Topliss-reactive ketones (excluding diaryl/α,β-unsaturated/α-hetero) is 1. The average molecular weight is 126 g/mol. The van der Waals surface area contributed by atoms with Gasteiger partial charge in [0.2, 0.25) is 5.91 Å². The molecule has 0 aromatic carbocycles. The maximum Gasteiger partial charge on any atom is 0.240 e. The average Bonchev–Trinajstić information content (AvgIpc) is 1.63. The van der Waals surface area contributed by atoms with Crippen molar-refractivity contribution in [2.45, 2.75) is 13.3 Å². The number of amides is 1. The Morgan fingerprint density at radius 3 is 2.56 bits per heavy atom. The molecule has 0 aliphatic carbocycles. The maximum absolute atomic E-state index is 10.3. The molecule has 9 heavy (non-hydrogen) atoms. The van der Waals surface area contributed by atoms with Crippen LogP contribution in [0.5, 0.6) is 0 Å². The highest BCUT2D eigenvalue weighted by molar-refractivity contribution is 5.97. The van der Waals surface area contributed by atoms with Crippen LogP contribution >= 0.6 is 0 Å². The van der Waals surface area contributed by atoms with E-state index in [0.29, 0.717) is 0 Å². The fraction of sp³-hybridized carbons (Fsp3) is 0.400. The number of nitrogens with one attached hydrogen (secondary N) is 1. The van der Waals surface area contributed by atoms with Gasteiger partial charge in [0.25, 0.3) is 0 Å². The number of hydrogen-bond donors (Lipinski definition) is 1. The minimum absolute atomic E-state index is 0.215. The minimum Gasteiger partial charge on any atom is -0.299 e. The lowest BCUT2D eigenvalue weighted by atomic mass is 10.3. The van der Waals surface area contributed by atoms with Crippen LogP contribution in [0.1, 0.15) is 13.3 Å². The van der Waals surface area contributed by atoms with Crippen LogP contribution in [0.3, 0.4) is 0 Å². The molecular weight excluding hydrogens is 120 g/mol. The van der Waals surface area contributed by atoms with Gasteiger partial charge in [-0.15, -0.1) is 0 Å². The van der Waals surface area contributed by atoms with Crippen molar-refractivity contribution in [2.75, 3.05) is 0 Å². The lowest BCUT2D eigenvalue weighted by molar-refractivity contribution is -0.126. The molecule has 4 heteroatoms. The van der Waals surface area contributed by atoms with Crippen LogP contribution < -0.4 is 5.32 Å². The fourth-order valence-electron chi connectivity index (χ4n) is 0.333. The molecular formula is C5H6N2O2. The molecule has 0 aliphatic rings. The second-order valence-electron chi connectivity index (χ2n) is 1.54. The van der Waals surface area contributed by atoms with E-state index in [1.165, 1.54) is 13.1 Å². The summed E-state index contributed by atoms with van der Waals surface area (Å²) < 4.78 is 0. The monoisotopic (exact) mass is 126 g/mol. The molecule has 0 aliphatic heterocycles. The number of rotatable bonds is 2. The van der Waals surface area contributed by atoms with Crippen molar-refractivity contribution in [3.63, 3.8) is 0 Å². The van der Waals surface area contributed by atoms with E-state index < -0.39 is 5.91 Å². The molecule has 0 atom stereocenters. The summed E-state index contributed by atoms with van der Waals surface area (Å²) in [7, 11) is 0. The van der Waals surface area contributed by atoms with Gasteiger partial charge < -0.3 is 0 Å². The van der Waals surface area contributed by atoms with Crippen LogP contribution in [0.2, 0.25) is 0 Å². The summed E-state index contributed by atoms with van der Waals surface area (Å²) in [6.45, 7) is 1.29. The summed E-state index contributed by atoms with van der Waals surface area (Å²) in [4.78, 5) is 20.5. The van der Waals surface area contributed by atoms with Crippen LogP contribution in [0.4, 0.5) is 0 Å². The highest BCUT2D eigenvalue weighted by Gasteiger charge is 2.01. The molecule has 0 saturated heterocycles. The van der Waals surface area contributed by atoms with Gasteiger partial charge in [-0.3, -0.25) is 14.9 Å². The zero-order valence-electron chi connectivity index (χ0n) is 4.97. The molecule has 0 bridgehead atoms. The van der Waals surface area contributed by atoms with Crippen LogP contribution in [0.25, 0.3) is 0 Å². The Balaban J connectivity index is 3.54. The highest BCUT2D eigenvalue weighted by Crippen LogP contribution is 1.78. The lowest BCUT2D eigenvalue weighted by Gasteiger charge is -1.88. The molecule has 1 N–H and O–H groups in total. The predicted molar refractivity (Wildman–Crippen MR) is 29.1 cm³/mol. The number of nitrogens with zero attached hydrogens (tertiary/aromatic N) is 1. The van der Waals surface area contributed by atoms with Crippen molar-refractivity contribution < 1.29 is 9.59 Å². The smallest absolute Gasteiger partial charge is 0.240 e. The van der Waals surface area contributed by atoms with Gasteiger partial charge in [0.15, 0.2) is 6.19 Å². The van der Waals surface area contributed by atoms with Crippen molar-refractivity contribution >= 4 is 11.7 Å². The Morgan fingerprint density at radius 1 is 1.67 bits per heavy atom. The van der Waals surface area contributed by atoms with Crippen LogP contribution in [-0.2, 0) is 9.59 Å². The molecule has 0 fully saturated rings. The molecule has 0 unspecified atom stereocenters. The van der Waals surface area contributed by atoms with Crippen molar-refractivity contribution in [3.8, 4) is 6.19 Å². The van der Waals surface area contributed by atoms with E-state index in [1.54, 1.807) is 0 Å². The molecule has 1 amide bonds. The molecule has 0 saturated carbocycles. The van der Waals surface area contributed by atoms with E-state index in [1.807, 2.05) is 5.32 Å². The number of ketones is 1. The molecule has 48 valence electrons. The Bertz CT molecular complexity index is 168. The largest absolute Gasteiger partial charge is 0.299 e. The molecule has 0 heterocycles. The first-order valence-electron chi connectivity index (χ1n) is 2.34. The van der Waals surface area contributed by atoms with Gasteiger partial charge in [-0.2, -0.15) is 5.26 Å². The highest BCUT2D eigenvalue weighted by atomic mass is 16.2. The second kappa shape index (κ2) is 3.61. The van der Waals surface area contributed by atoms with E-state index >= 15 is 0 Å². The van der Waals surface area contributed by atoms with E-state index in [2.05, 4.69) is 0 Å². The van der Waals surface area contributed by atoms with E-state index in [4.69, 9.17) is 5.26 Å². The van der Waals surface area contributed by atoms with Gasteiger partial charge in [0.05, 0.1) is 6.42 Å². The predicted octanol–water partition coefficient (Wildman–Crippen LogP) is -0.437. The Kier molecular flexibility index (Phi) is 3.06. The zero-order chi connectivity index (χ0) is 7.28. The topological polar surface area (TPSA) is 70.0 Å². The van der Waals surface area contributed by atoms with Gasteiger partial charge in [-0.1, -0.05) is 0 Å². The van der Waals surface area contributed by atoms with Gasteiger partial charge in [0, 0.05) is 0 Å². The number of hydrogen-bond acceptors (Lipinski definition) is 3. The van der Waals surface area contributed by atoms with Gasteiger partial charge >= 0.3 is 0 Å². The fourth-order valence-corrected chi connectivity index (χ4v) is 0.333. The summed E-state index contributed by atoms with van der Waals surface area (Å²) in [5.41, 5.74) is 0. The first kappa shape index (κ1) is 7.63. The third-order valence-electron chi connectivity index (χ3n) is 0.605. The summed E-state index contributed by atoms with van der Waals surface area (Å²) in [5.74, 6) is -0.798. The first-order chi connectivity index (χ1) is 4.16. The molecule has 0 spiro atoms. The number of nitriles is 1. The Hall–Kier alpha value is -1.37. The van der Waals surface area contributed by atoms with Crippen LogP contribution in [0.15, 0.2) is 0 Å². The maximum atomic E-state index is 10.3. The van der Waals surface area contributed by atoms with Crippen molar-refractivity contribution in [2.24, 2.45) is 0 Å². The molecule has 0 aromatic rings. The standard InChI is InChI=1S/C5H6N2O2/c1-4(8)2-5(9)7-3-6/h2H2,1H3,(H,7,9). The quantitative estimate of drug-likeness (QED) is 0.310. The number of carbonyl (C=O) groups is 2. The van der Waals surface area contributed by atoms with Crippen molar-refractivity contribution in [1.82, 2.24) is 5.32 Å². The third-order valence-corrected chi connectivity index (χ3v) is 0.605. The molecule has 0 rings (SSSR count). The Labute approximate surface area is 52.5 Å². The minimum atomic E-state index is -0.551. The normalized spacial score (nSPS) is 7.56. The summed E-state index contributed by atoms with van der Waals surface area (Å²) in [6, 6.07) is 0. The van der Waals surface area contributed by atoms with Crippen molar-refractivity contribution in [3.05, 3.63) is 0 Å². The molecule has 4 nitrogen and oxygen atoms in total. The van der Waals surface area contributed by atoms with Crippen LogP contribution in [0, 0.1) is 11.5 Å². The molecule has 0 radical (unpaired) electrons. The Morgan fingerprint density at radius 2 is 2.22 bits per heavy atom. The van der Waals surface area contributed by atoms with Gasteiger partial charge in [-0.05, 0) is 6.92 Å². The zero-order valence-corrected chi connectivity index (χ0v) is 4.97. The second-order valence-corrected chi connectivity index (χ2v) is 1.54. The molecule has 0 aromatic heterocycles. The number of carbonyl (C=O) groups excluding carboxylic acids is 2. The van der Waals surface area contributed by atoms with Gasteiger partial charge in [0.1, 0.15) is 5.78 Å². The van der Waals surface area contributed by atoms with E-state index in [-0.39, 0.29) is 12.2 Å². The third kappa shape index (κ3) is 4.48. The summed E-state index contributed by atoms with van der Waals surface area (Å²) >= 11 is 0. The first-order valence-corrected chi connectivity index (χ1v) is 2.34. The lowest BCUT2D eigenvalue weighted by Crippen LogP contribution is -2.19.